The second-order valence-corrected chi connectivity index (χ2v) is 6.37. The van der Waals surface area contributed by atoms with Gasteiger partial charge in [-0.2, -0.15) is 0 Å². The van der Waals surface area contributed by atoms with E-state index in [1.807, 2.05) is 0 Å². The lowest BCUT2D eigenvalue weighted by molar-refractivity contribution is -0.0260. The van der Waals surface area contributed by atoms with Crippen LogP contribution < -0.4 is 5.32 Å². The van der Waals surface area contributed by atoms with Gasteiger partial charge in [0, 0.05) is 18.7 Å². The van der Waals surface area contributed by atoms with E-state index in [1.165, 1.54) is 57.8 Å². The van der Waals surface area contributed by atoms with E-state index in [9.17, 15) is 0 Å². The Morgan fingerprint density at radius 1 is 1.00 bits per heavy atom. The van der Waals surface area contributed by atoms with Crippen molar-refractivity contribution in [1.29, 1.82) is 0 Å². The number of rotatable bonds is 3. The van der Waals surface area contributed by atoms with E-state index in [-0.39, 0.29) is 0 Å². The van der Waals surface area contributed by atoms with Crippen LogP contribution >= 0.6 is 0 Å². The van der Waals surface area contributed by atoms with E-state index in [1.54, 1.807) is 0 Å². The summed E-state index contributed by atoms with van der Waals surface area (Å²) in [5, 5.41) is 13.0. The van der Waals surface area contributed by atoms with Gasteiger partial charge in [-0.15, -0.1) is 0 Å². The van der Waals surface area contributed by atoms with Crippen LogP contribution in [0.4, 0.5) is 0 Å². The SMILES string of the molecule is OCC1CCC(N[C@H]2CCC23CCC3)CC1. The highest BCUT2D eigenvalue weighted by molar-refractivity contribution is 5.06. The molecule has 0 aromatic rings. The minimum Gasteiger partial charge on any atom is -0.396 e. The van der Waals surface area contributed by atoms with E-state index in [0.717, 1.165) is 17.5 Å². The van der Waals surface area contributed by atoms with Gasteiger partial charge in [0.25, 0.3) is 0 Å². The van der Waals surface area contributed by atoms with Crippen molar-refractivity contribution in [3.05, 3.63) is 0 Å². The second-order valence-electron chi connectivity index (χ2n) is 6.37. The van der Waals surface area contributed by atoms with Crippen LogP contribution in [0.5, 0.6) is 0 Å². The first-order valence-electron chi connectivity index (χ1n) is 7.19. The molecule has 2 nitrogen and oxygen atoms in total. The van der Waals surface area contributed by atoms with Gasteiger partial charge in [0.15, 0.2) is 0 Å². The molecule has 3 aliphatic carbocycles. The van der Waals surface area contributed by atoms with Gasteiger partial charge in [0.1, 0.15) is 0 Å². The van der Waals surface area contributed by atoms with E-state index < -0.39 is 0 Å². The molecule has 2 N–H and O–H groups in total. The van der Waals surface area contributed by atoms with E-state index in [0.29, 0.717) is 12.5 Å². The van der Waals surface area contributed by atoms with Crippen LogP contribution in [0.3, 0.4) is 0 Å². The molecule has 92 valence electrons. The first-order chi connectivity index (χ1) is 7.82. The molecular weight excluding hydrogens is 198 g/mol. The Hall–Kier alpha value is -0.0800. The lowest BCUT2D eigenvalue weighted by Gasteiger charge is -2.57. The molecule has 3 rings (SSSR count). The Morgan fingerprint density at radius 2 is 1.75 bits per heavy atom. The van der Waals surface area contributed by atoms with Gasteiger partial charge in [0.05, 0.1) is 0 Å². The van der Waals surface area contributed by atoms with E-state index in [2.05, 4.69) is 5.32 Å². The van der Waals surface area contributed by atoms with Crippen molar-refractivity contribution < 1.29 is 5.11 Å². The highest BCUT2D eigenvalue weighted by atomic mass is 16.3. The zero-order valence-electron chi connectivity index (χ0n) is 10.3. The van der Waals surface area contributed by atoms with Crippen molar-refractivity contribution in [2.24, 2.45) is 11.3 Å². The zero-order valence-corrected chi connectivity index (χ0v) is 10.3. The van der Waals surface area contributed by atoms with Gasteiger partial charge in [-0.1, -0.05) is 6.42 Å². The maximum Gasteiger partial charge on any atom is 0.0459 e. The average Bonchev–Trinajstić information content (AvgIpc) is 2.23. The lowest BCUT2D eigenvalue weighted by atomic mass is 9.53. The molecule has 3 fully saturated rings. The van der Waals surface area contributed by atoms with Crippen molar-refractivity contribution >= 4 is 0 Å². The standard InChI is InChI=1S/C14H25NO/c16-10-11-2-4-12(5-3-11)15-13-6-9-14(13)7-1-8-14/h11-13,15-16H,1-10H2/t11?,12?,13-/m0/s1. The molecule has 0 aromatic carbocycles. The van der Waals surface area contributed by atoms with Gasteiger partial charge in [-0.05, 0) is 62.7 Å². The number of aliphatic hydroxyl groups is 1. The molecule has 0 heterocycles. The van der Waals surface area contributed by atoms with Crippen LogP contribution in [0.15, 0.2) is 0 Å². The average molecular weight is 223 g/mol. The largest absolute Gasteiger partial charge is 0.396 e. The summed E-state index contributed by atoms with van der Waals surface area (Å²) in [5.74, 6) is 0.595. The summed E-state index contributed by atoms with van der Waals surface area (Å²) < 4.78 is 0. The third-order valence-electron chi connectivity index (χ3n) is 5.56. The quantitative estimate of drug-likeness (QED) is 0.770. The predicted molar refractivity (Wildman–Crippen MR) is 65.3 cm³/mol. The molecule has 0 unspecified atom stereocenters. The van der Waals surface area contributed by atoms with Gasteiger partial charge in [0.2, 0.25) is 0 Å². The van der Waals surface area contributed by atoms with Crippen LogP contribution in [0, 0.1) is 11.3 Å². The topological polar surface area (TPSA) is 32.3 Å². The molecule has 0 amide bonds. The zero-order chi connectivity index (χ0) is 11.0. The van der Waals surface area contributed by atoms with Gasteiger partial charge in [-0.25, -0.2) is 0 Å². The molecule has 1 atom stereocenters. The predicted octanol–water partition coefficient (Wildman–Crippen LogP) is 2.46. The van der Waals surface area contributed by atoms with E-state index in [4.69, 9.17) is 5.11 Å². The Morgan fingerprint density at radius 3 is 2.19 bits per heavy atom. The molecule has 0 saturated heterocycles. The smallest absolute Gasteiger partial charge is 0.0459 e. The second kappa shape index (κ2) is 4.30. The Bertz CT molecular complexity index is 236. The summed E-state index contributed by atoms with van der Waals surface area (Å²) in [6, 6.07) is 1.60. The monoisotopic (exact) mass is 223 g/mol. The maximum atomic E-state index is 9.13. The molecule has 16 heavy (non-hydrogen) atoms. The van der Waals surface area contributed by atoms with Crippen molar-refractivity contribution in [3.8, 4) is 0 Å². The Labute approximate surface area is 98.8 Å². The van der Waals surface area contributed by atoms with Crippen LogP contribution in [-0.2, 0) is 0 Å². The number of nitrogens with one attached hydrogen (secondary N) is 1. The minimum atomic E-state index is 0.403. The highest BCUT2D eigenvalue weighted by Crippen LogP contribution is 2.56. The van der Waals surface area contributed by atoms with Crippen molar-refractivity contribution in [2.45, 2.75) is 69.9 Å². The summed E-state index contributed by atoms with van der Waals surface area (Å²) in [6.07, 6.45) is 12.4. The fourth-order valence-corrected chi connectivity index (χ4v) is 3.98. The van der Waals surface area contributed by atoms with Crippen molar-refractivity contribution in [1.82, 2.24) is 5.32 Å². The fourth-order valence-electron chi connectivity index (χ4n) is 3.98. The molecule has 0 aliphatic heterocycles. The van der Waals surface area contributed by atoms with Crippen LogP contribution in [0.25, 0.3) is 0 Å². The van der Waals surface area contributed by atoms with Gasteiger partial charge < -0.3 is 10.4 Å². The van der Waals surface area contributed by atoms with Crippen LogP contribution in [0.1, 0.15) is 57.8 Å². The minimum absolute atomic E-state index is 0.403. The molecule has 3 aliphatic rings. The third-order valence-corrected chi connectivity index (χ3v) is 5.56. The van der Waals surface area contributed by atoms with Gasteiger partial charge in [-0.3, -0.25) is 0 Å². The summed E-state index contributed by atoms with van der Waals surface area (Å²) >= 11 is 0. The maximum absolute atomic E-state index is 9.13. The molecule has 0 aromatic heterocycles. The number of aliphatic hydroxyl groups excluding tert-OH is 1. The summed E-state index contributed by atoms with van der Waals surface area (Å²) in [6.45, 7) is 0.403. The summed E-state index contributed by atoms with van der Waals surface area (Å²) in [7, 11) is 0. The molecule has 2 heteroatoms. The fraction of sp³-hybridized carbons (Fsp3) is 1.00. The summed E-state index contributed by atoms with van der Waals surface area (Å²) in [4.78, 5) is 0. The Balaban J connectivity index is 1.46. The van der Waals surface area contributed by atoms with Crippen LogP contribution in [0.2, 0.25) is 0 Å². The molecule has 0 bridgehead atoms. The van der Waals surface area contributed by atoms with E-state index >= 15 is 0 Å². The molecule has 3 saturated carbocycles. The molecule has 0 radical (unpaired) electrons. The molecular formula is C14H25NO. The van der Waals surface area contributed by atoms with Crippen molar-refractivity contribution in [3.63, 3.8) is 0 Å². The highest BCUT2D eigenvalue weighted by Gasteiger charge is 2.50. The summed E-state index contributed by atoms with van der Waals surface area (Å²) in [5.41, 5.74) is 0.744. The van der Waals surface area contributed by atoms with Crippen LogP contribution in [-0.4, -0.2) is 23.8 Å². The van der Waals surface area contributed by atoms with Crippen molar-refractivity contribution in [2.75, 3.05) is 6.61 Å². The number of hydrogen-bond donors (Lipinski definition) is 2. The molecule has 1 spiro atoms. The first kappa shape index (κ1) is 11.0. The first-order valence-corrected chi connectivity index (χ1v) is 7.19. The third kappa shape index (κ3) is 1.80. The normalized spacial score (nSPS) is 41.4. The van der Waals surface area contributed by atoms with Gasteiger partial charge >= 0.3 is 0 Å². The Kier molecular flexibility index (Phi) is 2.97. The number of hydrogen-bond acceptors (Lipinski definition) is 2. The lowest BCUT2D eigenvalue weighted by Crippen LogP contribution is -2.59.